The van der Waals surface area contributed by atoms with Crippen molar-refractivity contribution in [1.29, 1.82) is 0 Å². The molecular weight excluding hydrogens is 1440 g/mol. The highest BCUT2D eigenvalue weighted by Crippen LogP contribution is 2.71. The zero-order valence-corrected chi connectivity index (χ0v) is 62.1. The van der Waals surface area contributed by atoms with Gasteiger partial charge < -0.3 is 60.8 Å². The molecule has 4 aromatic heterocycles. The lowest BCUT2D eigenvalue weighted by molar-refractivity contribution is -0.152. The Morgan fingerprint density at radius 1 is 0.417 bits per heavy atom. The van der Waals surface area contributed by atoms with E-state index < -0.39 is 120 Å². The maximum absolute atomic E-state index is 16.6. The van der Waals surface area contributed by atoms with Crippen molar-refractivity contribution in [2.45, 2.75) is 94.6 Å². The first-order valence-electron chi connectivity index (χ1n) is 35.1. The summed E-state index contributed by atoms with van der Waals surface area (Å²) in [6, 6.07) is 64.2. The summed E-state index contributed by atoms with van der Waals surface area (Å²) < 4.78 is 129. The summed E-state index contributed by atoms with van der Waals surface area (Å²) >= 11 is 0. The first-order chi connectivity index (χ1) is 52.5. The summed E-state index contributed by atoms with van der Waals surface area (Å²) in [5.74, 6) is -1.74. The van der Waals surface area contributed by atoms with Crippen LogP contribution >= 0.6 is 22.6 Å². The molecule has 4 unspecified atom stereocenters. The Bertz CT molecular complexity index is 4950. The van der Waals surface area contributed by atoms with Gasteiger partial charge in [0.05, 0.1) is 71.5 Å². The van der Waals surface area contributed by atoms with E-state index in [2.05, 4.69) is 20.0 Å². The van der Waals surface area contributed by atoms with Gasteiger partial charge in [-0.1, -0.05) is 212 Å². The van der Waals surface area contributed by atoms with Crippen LogP contribution in [0.15, 0.2) is 245 Å². The van der Waals surface area contributed by atoms with Crippen molar-refractivity contribution in [3.05, 3.63) is 285 Å². The first-order valence-corrected chi connectivity index (χ1v) is 40.5. The van der Waals surface area contributed by atoms with E-state index in [1.807, 2.05) is 140 Å². The van der Waals surface area contributed by atoms with Crippen LogP contribution in [0.4, 0.5) is 11.9 Å². The average molecular weight is 1520 g/mol. The molecule has 0 radical (unpaired) electrons. The van der Waals surface area contributed by atoms with Crippen LogP contribution in [0.3, 0.4) is 0 Å². The van der Waals surface area contributed by atoms with Gasteiger partial charge in [0.15, 0.2) is 47.4 Å². The highest BCUT2D eigenvalue weighted by molar-refractivity contribution is 7.80. The molecule has 0 aliphatic carbocycles. The third-order valence-corrected chi connectivity index (χ3v) is 27.3. The average Bonchev–Trinajstić information content (AvgIpc) is 1.58. The Morgan fingerprint density at radius 3 is 1.09 bits per heavy atom. The number of rotatable bonds is 31. The fourth-order valence-electron chi connectivity index (χ4n) is 13.1. The highest BCUT2D eigenvalue weighted by atomic mass is 31.3. The lowest BCUT2D eigenvalue weighted by Gasteiger charge is -2.29. The molecule has 15 rings (SSSR count). The van der Waals surface area contributed by atoms with Crippen molar-refractivity contribution in [2.24, 2.45) is 9.98 Å². The van der Waals surface area contributed by atoms with Crippen molar-refractivity contribution in [3.8, 4) is 0 Å². The zero-order valence-electron chi connectivity index (χ0n) is 59.4. The van der Waals surface area contributed by atoms with Gasteiger partial charge in [-0.3, -0.25) is 41.6 Å². The minimum atomic E-state index is -4.82. The van der Waals surface area contributed by atoms with Crippen molar-refractivity contribution in [1.82, 2.24) is 48.0 Å². The van der Waals surface area contributed by atoms with E-state index >= 15 is 13.7 Å². The van der Waals surface area contributed by atoms with Gasteiger partial charge in [0.25, 0.3) is 11.1 Å². The van der Waals surface area contributed by atoms with Crippen LogP contribution in [-0.4, -0.2) is 151 Å². The molecule has 4 aliphatic rings. The molecule has 0 spiro atoms. The minimum Gasteiger partial charge on any atom is -0.369 e. The molecule has 12 atom stereocenters. The maximum Gasteiger partial charge on any atom is 0.340 e. The van der Waals surface area contributed by atoms with Gasteiger partial charge in [-0.05, 0) is 27.8 Å². The molecule has 7 aromatic carbocycles. The third-order valence-electron chi connectivity index (χ3n) is 18.4. The topological polar surface area (TPSA) is 289 Å². The third kappa shape index (κ3) is 16.8. The number of imidazole rings is 2. The fourth-order valence-corrected chi connectivity index (χ4v) is 22.5. The molecule has 4 fully saturated rings. The van der Waals surface area contributed by atoms with Gasteiger partial charge in [0.2, 0.25) is 19.3 Å². The van der Waals surface area contributed by atoms with Crippen LogP contribution in [-0.2, 0) is 97.6 Å². The Balaban J connectivity index is 0.762. The molecule has 28 nitrogen and oxygen atoms in total. The summed E-state index contributed by atoms with van der Waals surface area (Å²) in [4.78, 5) is 61.1. The molecule has 4 aliphatic heterocycles. The lowest BCUT2D eigenvalue weighted by atomic mass is 10.1. The molecule has 8 heterocycles. The maximum atomic E-state index is 16.6. The normalized spacial score (nSPS) is 22.9. The first kappa shape index (κ1) is 73.9. The van der Waals surface area contributed by atoms with Crippen LogP contribution in [0.5, 0.6) is 0 Å². The van der Waals surface area contributed by atoms with Crippen LogP contribution in [0.2, 0.25) is 0 Å². The highest BCUT2D eigenvalue weighted by Gasteiger charge is 2.57. The second-order valence-corrected chi connectivity index (χ2v) is 34.5. The summed E-state index contributed by atoms with van der Waals surface area (Å²) in [6.07, 6.45) is -4.09. The quantitative estimate of drug-likeness (QED) is 0.0221. The van der Waals surface area contributed by atoms with Crippen LogP contribution in [0, 0.1) is 0 Å². The number of hydrogen-bond donors (Lipinski definition) is 0. The van der Waals surface area contributed by atoms with Crippen LogP contribution in [0.1, 0.15) is 64.0 Å². The summed E-state index contributed by atoms with van der Waals surface area (Å²) in [6.45, 7) is -1.68. The van der Waals surface area contributed by atoms with Gasteiger partial charge in [-0.2, -0.15) is 9.97 Å². The molecular formula is C77H79N12O16P3. The molecule has 108 heavy (non-hydrogen) atoms. The molecule has 11 aromatic rings. The van der Waals surface area contributed by atoms with E-state index in [0.717, 1.165) is 11.1 Å². The number of fused-ring (bicyclic) bond motifs is 4. The minimum absolute atomic E-state index is 0.0307. The van der Waals surface area contributed by atoms with Crippen molar-refractivity contribution >= 4 is 69.5 Å². The Kier molecular flexibility index (Phi) is 22.4. The SMILES string of the molecule is CN(C)/C=N/c1nc2c(ncn2[C@@H]2O[C@H](COP(=O)(CP(=O)(CP(=O)(OCc3ccccc3)OC[C@H]3O[C@@H](n4cnc5c(=O)n(Cc6ccccc6)c(/N=C/N(C)C)nc54)[C@@H]4OC(c5ccccc5)O[C@@H]43)OCc3ccccc3)OCc3ccccc3)[C@H]3OC(c4ccccc4)O[C@H]32)c(=O)n1Cc1ccccc1. The summed E-state index contributed by atoms with van der Waals surface area (Å²) in [7, 11) is -7.19. The van der Waals surface area contributed by atoms with E-state index in [4.69, 9.17) is 61.0 Å². The summed E-state index contributed by atoms with van der Waals surface area (Å²) in [5.41, 5.74) is 4.22. The number of ether oxygens (including phenoxy) is 6. The van der Waals surface area contributed by atoms with Crippen molar-refractivity contribution < 1.29 is 64.7 Å². The smallest absolute Gasteiger partial charge is 0.340 e. The van der Waals surface area contributed by atoms with Crippen molar-refractivity contribution in [3.63, 3.8) is 0 Å². The molecule has 31 heteroatoms. The predicted molar refractivity (Wildman–Crippen MR) is 402 cm³/mol. The standard InChI is InChI=1S/C77H79N12O16P3/c1-84(2)47-80-76-82-68-62(70(90)86(76)40-53-26-12-5-13-27-53)78-49-88(68)72-66-64(102-74(104-66)58-36-22-10-23-37-58)60(100-72)45-98-107(93,96-43-56-32-18-8-19-33-56)51-106(92,95-42-55-30-16-7-17-31-55)52-108(94,97-44-57-34-20-9-21-35-57)99-46-61-65-67(105-75(103-65)59-38-24-11-25-39-59)73(101-61)89-50-79-63-69(89)83-77(81-48-85(3)4)87(71(63)91)41-54-28-14-6-15-29-54/h5-39,47-50,60-61,64-67,72-75H,40-46,51-52H2,1-4H3/b80-47+,81-48+/t60-,61-,64-,65-,66-,67-,72-,73-,74?,75?,106?,107?,108?/m1/s1. The van der Waals surface area contributed by atoms with E-state index in [-0.39, 0.29) is 67.1 Å². The largest absolute Gasteiger partial charge is 0.369 e. The van der Waals surface area contributed by atoms with E-state index in [9.17, 15) is 9.59 Å². The van der Waals surface area contributed by atoms with E-state index in [1.54, 1.807) is 133 Å². The molecule has 0 bridgehead atoms. The van der Waals surface area contributed by atoms with Gasteiger partial charge in [0, 0.05) is 39.3 Å². The monoisotopic (exact) mass is 1520 g/mol. The lowest BCUT2D eigenvalue weighted by Crippen LogP contribution is -2.32. The Hall–Kier alpha value is -9.57. The number of nitrogens with zero attached hydrogens (tertiary/aromatic N) is 12. The molecule has 0 saturated carbocycles. The van der Waals surface area contributed by atoms with Crippen molar-refractivity contribution in [2.75, 3.05) is 53.2 Å². The molecule has 0 amide bonds. The van der Waals surface area contributed by atoms with Crippen LogP contribution < -0.4 is 11.1 Å². The van der Waals surface area contributed by atoms with Gasteiger partial charge in [-0.25, -0.2) is 20.0 Å². The molecule has 4 saturated heterocycles. The molecule has 558 valence electrons. The van der Waals surface area contributed by atoms with Gasteiger partial charge >= 0.3 is 15.2 Å². The van der Waals surface area contributed by atoms with E-state index in [0.29, 0.717) is 27.8 Å². The fraction of sp³-hybridized carbons (Fsp3) is 0.299. The number of aliphatic imine (C=N–C) groups is 2. The second kappa shape index (κ2) is 32.7. The van der Waals surface area contributed by atoms with Crippen LogP contribution in [0.25, 0.3) is 22.3 Å². The molecule has 0 N–H and O–H groups in total. The Labute approximate surface area is 621 Å². The van der Waals surface area contributed by atoms with Gasteiger partial charge in [-0.15, -0.1) is 0 Å². The number of aromatic nitrogens is 8. The number of hydrogen-bond acceptors (Lipinski definition) is 22. The van der Waals surface area contributed by atoms with E-state index in [1.165, 1.54) is 21.8 Å². The number of benzene rings is 7. The zero-order chi connectivity index (χ0) is 74.4. The summed E-state index contributed by atoms with van der Waals surface area (Å²) in [5, 5.41) is 0. The van der Waals surface area contributed by atoms with Gasteiger partial charge in [0.1, 0.15) is 48.4 Å². The Morgan fingerprint density at radius 2 is 0.741 bits per heavy atom. The second-order valence-electron chi connectivity index (χ2n) is 26.8. The predicted octanol–water partition coefficient (Wildman–Crippen LogP) is 12.8.